The fourth-order valence-electron chi connectivity index (χ4n) is 2.94. The van der Waals surface area contributed by atoms with E-state index in [0.717, 1.165) is 23.2 Å². The van der Waals surface area contributed by atoms with E-state index in [1.54, 1.807) is 35.2 Å². The Morgan fingerprint density at radius 1 is 1.19 bits per heavy atom. The van der Waals surface area contributed by atoms with Crippen LogP contribution in [0, 0.1) is 0 Å². The number of halogens is 2. The maximum Gasteiger partial charge on any atom is 0.387 e. The van der Waals surface area contributed by atoms with E-state index < -0.39 is 6.61 Å². The van der Waals surface area contributed by atoms with Crippen molar-refractivity contribution in [2.45, 2.75) is 26.5 Å². The average Bonchev–Trinajstić information content (AvgIpc) is 3.03. The van der Waals surface area contributed by atoms with Crippen LogP contribution >= 0.6 is 0 Å². The third kappa shape index (κ3) is 3.99. The first kappa shape index (κ1) is 17.8. The predicted octanol–water partition coefficient (Wildman–Crippen LogP) is 3.13. The number of nitrogens with one attached hydrogen (secondary N) is 1. The Labute approximate surface area is 149 Å². The molecule has 136 valence electrons. The van der Waals surface area contributed by atoms with Gasteiger partial charge in [-0.3, -0.25) is 9.59 Å². The van der Waals surface area contributed by atoms with Gasteiger partial charge in [-0.1, -0.05) is 12.1 Å². The van der Waals surface area contributed by atoms with Gasteiger partial charge in [-0.15, -0.1) is 0 Å². The molecule has 0 saturated carbocycles. The second-order valence-corrected chi connectivity index (χ2v) is 5.97. The van der Waals surface area contributed by atoms with Crippen molar-refractivity contribution in [3.05, 3.63) is 59.2 Å². The molecule has 0 unspecified atom stereocenters. The fourth-order valence-corrected chi connectivity index (χ4v) is 2.94. The minimum absolute atomic E-state index is 0.0137. The summed E-state index contributed by atoms with van der Waals surface area (Å²) < 4.78 is 28.5. The summed E-state index contributed by atoms with van der Waals surface area (Å²) in [5.74, 6) is -0.175. The number of carbonyl (C=O) groups excluding carboxylic acids is 2. The van der Waals surface area contributed by atoms with Crippen LogP contribution in [0.3, 0.4) is 0 Å². The molecule has 0 radical (unpaired) electrons. The number of fused-ring (bicyclic) bond motifs is 1. The van der Waals surface area contributed by atoms with Crippen LogP contribution in [0.1, 0.15) is 28.4 Å². The summed E-state index contributed by atoms with van der Waals surface area (Å²) in [5.41, 5.74) is 3.11. The van der Waals surface area contributed by atoms with Gasteiger partial charge in [-0.05, 0) is 47.9 Å². The van der Waals surface area contributed by atoms with E-state index in [-0.39, 0.29) is 24.1 Å². The molecular formula is C19H18F2N2O3. The van der Waals surface area contributed by atoms with Crippen molar-refractivity contribution in [1.29, 1.82) is 0 Å². The second kappa shape index (κ2) is 7.51. The van der Waals surface area contributed by atoms with Crippen molar-refractivity contribution >= 4 is 17.5 Å². The van der Waals surface area contributed by atoms with Gasteiger partial charge in [0.15, 0.2) is 0 Å². The van der Waals surface area contributed by atoms with Gasteiger partial charge in [-0.25, -0.2) is 0 Å². The quantitative estimate of drug-likeness (QED) is 0.891. The lowest BCUT2D eigenvalue weighted by atomic mass is 10.1. The molecule has 26 heavy (non-hydrogen) atoms. The lowest BCUT2D eigenvalue weighted by Gasteiger charge is -2.14. The van der Waals surface area contributed by atoms with E-state index >= 15 is 0 Å². The Morgan fingerprint density at radius 3 is 2.58 bits per heavy atom. The molecule has 2 aromatic rings. The summed E-state index contributed by atoms with van der Waals surface area (Å²) in [6, 6.07) is 11.4. The van der Waals surface area contributed by atoms with Crippen LogP contribution in [-0.4, -0.2) is 25.0 Å². The summed E-state index contributed by atoms with van der Waals surface area (Å²) in [6.45, 7) is -0.445. The summed E-state index contributed by atoms with van der Waals surface area (Å²) in [4.78, 5) is 25.6. The SMILES string of the molecule is CC(=O)N1CCc2cc(C(=O)NCc3ccc(OC(F)F)cc3)ccc21. The Morgan fingerprint density at radius 2 is 1.92 bits per heavy atom. The molecule has 0 fully saturated rings. The smallest absolute Gasteiger partial charge is 0.387 e. The molecule has 1 aliphatic rings. The molecule has 0 aliphatic carbocycles. The topological polar surface area (TPSA) is 58.6 Å². The lowest BCUT2D eigenvalue weighted by Crippen LogP contribution is -2.26. The van der Waals surface area contributed by atoms with E-state index in [9.17, 15) is 18.4 Å². The number of amides is 2. The number of ether oxygens (including phenoxy) is 1. The molecule has 7 heteroatoms. The first-order valence-electron chi connectivity index (χ1n) is 8.17. The van der Waals surface area contributed by atoms with Gasteiger partial charge < -0.3 is 15.0 Å². The highest BCUT2D eigenvalue weighted by atomic mass is 19.3. The van der Waals surface area contributed by atoms with Gasteiger partial charge in [0.05, 0.1) is 0 Å². The van der Waals surface area contributed by atoms with E-state index in [2.05, 4.69) is 10.1 Å². The normalized spacial score (nSPS) is 12.8. The van der Waals surface area contributed by atoms with Gasteiger partial charge in [0, 0.05) is 31.3 Å². The van der Waals surface area contributed by atoms with Crippen LogP contribution in [0.4, 0.5) is 14.5 Å². The van der Waals surface area contributed by atoms with Gasteiger partial charge in [0.25, 0.3) is 5.91 Å². The number of rotatable bonds is 5. The number of anilines is 1. The average molecular weight is 360 g/mol. The zero-order valence-electron chi connectivity index (χ0n) is 14.2. The van der Waals surface area contributed by atoms with Crippen molar-refractivity contribution < 1.29 is 23.1 Å². The fraction of sp³-hybridized carbons (Fsp3) is 0.263. The molecule has 0 spiro atoms. The van der Waals surface area contributed by atoms with Crippen molar-refractivity contribution in [1.82, 2.24) is 5.32 Å². The van der Waals surface area contributed by atoms with Crippen molar-refractivity contribution in [2.24, 2.45) is 0 Å². The molecule has 0 atom stereocenters. The van der Waals surface area contributed by atoms with Crippen LogP contribution in [-0.2, 0) is 17.8 Å². The zero-order valence-corrected chi connectivity index (χ0v) is 14.2. The summed E-state index contributed by atoms with van der Waals surface area (Å²) in [7, 11) is 0. The molecule has 5 nitrogen and oxygen atoms in total. The van der Waals surface area contributed by atoms with Gasteiger partial charge in [-0.2, -0.15) is 8.78 Å². The number of nitrogens with zero attached hydrogens (tertiary/aromatic N) is 1. The molecule has 1 N–H and O–H groups in total. The van der Waals surface area contributed by atoms with Crippen LogP contribution in [0.5, 0.6) is 5.75 Å². The van der Waals surface area contributed by atoms with Gasteiger partial charge in [0.1, 0.15) is 5.75 Å². The highest BCUT2D eigenvalue weighted by Crippen LogP contribution is 2.28. The maximum absolute atomic E-state index is 12.3. The van der Waals surface area contributed by atoms with Crippen LogP contribution in [0.25, 0.3) is 0 Å². The highest BCUT2D eigenvalue weighted by Gasteiger charge is 2.23. The molecular weight excluding hydrogens is 342 g/mol. The number of hydrogen-bond donors (Lipinski definition) is 1. The van der Waals surface area contributed by atoms with Crippen LogP contribution < -0.4 is 15.0 Å². The van der Waals surface area contributed by atoms with Crippen LogP contribution in [0.15, 0.2) is 42.5 Å². The Bertz CT molecular complexity index is 822. The number of hydrogen-bond acceptors (Lipinski definition) is 3. The van der Waals surface area contributed by atoms with E-state index in [4.69, 9.17) is 0 Å². The van der Waals surface area contributed by atoms with Crippen molar-refractivity contribution in [2.75, 3.05) is 11.4 Å². The molecule has 2 aromatic carbocycles. The molecule has 3 rings (SSSR count). The number of benzene rings is 2. The zero-order chi connectivity index (χ0) is 18.7. The van der Waals surface area contributed by atoms with E-state index in [0.29, 0.717) is 12.1 Å². The third-order valence-electron chi connectivity index (χ3n) is 4.22. The standard InChI is InChI=1S/C19H18F2N2O3/c1-12(24)23-9-8-14-10-15(4-7-17(14)23)18(25)22-11-13-2-5-16(6-3-13)26-19(20)21/h2-7,10,19H,8-9,11H2,1H3,(H,22,25). The molecule has 0 bridgehead atoms. The number of alkyl halides is 2. The Balaban J connectivity index is 1.61. The first-order valence-corrected chi connectivity index (χ1v) is 8.17. The van der Waals surface area contributed by atoms with E-state index in [1.165, 1.54) is 19.1 Å². The van der Waals surface area contributed by atoms with Gasteiger partial charge in [0.2, 0.25) is 5.91 Å². The molecule has 1 aliphatic heterocycles. The summed E-state index contributed by atoms with van der Waals surface area (Å²) in [6.07, 6.45) is 0.724. The molecule has 1 heterocycles. The monoisotopic (exact) mass is 360 g/mol. The van der Waals surface area contributed by atoms with Crippen molar-refractivity contribution in [3.8, 4) is 5.75 Å². The minimum atomic E-state index is -2.86. The molecule has 0 aromatic heterocycles. The lowest BCUT2D eigenvalue weighted by molar-refractivity contribution is -0.116. The van der Waals surface area contributed by atoms with Crippen LogP contribution in [0.2, 0.25) is 0 Å². The largest absolute Gasteiger partial charge is 0.435 e. The summed E-state index contributed by atoms with van der Waals surface area (Å²) in [5, 5.41) is 2.79. The third-order valence-corrected chi connectivity index (χ3v) is 4.22. The Hall–Kier alpha value is -2.96. The Kier molecular flexibility index (Phi) is 5.16. The first-order chi connectivity index (χ1) is 12.4. The number of carbonyl (C=O) groups is 2. The minimum Gasteiger partial charge on any atom is -0.435 e. The van der Waals surface area contributed by atoms with Crippen molar-refractivity contribution in [3.63, 3.8) is 0 Å². The van der Waals surface area contributed by atoms with E-state index in [1.807, 2.05) is 0 Å². The summed E-state index contributed by atoms with van der Waals surface area (Å²) >= 11 is 0. The van der Waals surface area contributed by atoms with Gasteiger partial charge >= 0.3 is 6.61 Å². The highest BCUT2D eigenvalue weighted by molar-refractivity contribution is 5.97. The predicted molar refractivity (Wildman–Crippen MR) is 92.4 cm³/mol. The maximum atomic E-state index is 12.3. The molecule has 2 amide bonds. The second-order valence-electron chi connectivity index (χ2n) is 5.97. The molecule has 0 saturated heterocycles.